The number of hydrogen-bond donors (Lipinski definition) is 2. The normalized spacial score (nSPS) is 11.0. The summed E-state index contributed by atoms with van der Waals surface area (Å²) >= 11 is 0. The molecule has 0 bridgehead atoms. The molecule has 0 saturated heterocycles. The Morgan fingerprint density at radius 3 is 1.39 bits per heavy atom. The molecule has 2 heterocycles. The molecule has 6 aromatic rings. The molecule has 0 saturated carbocycles. The molecule has 0 atom stereocenters. The molecule has 0 aliphatic heterocycles. The van der Waals surface area contributed by atoms with Crippen molar-refractivity contribution in [3.05, 3.63) is 143 Å². The van der Waals surface area contributed by atoms with Crippen molar-refractivity contribution in [1.82, 2.24) is 24.7 Å². The van der Waals surface area contributed by atoms with E-state index in [0.29, 0.717) is 25.1 Å². The van der Waals surface area contributed by atoms with E-state index in [0.717, 1.165) is 85.9 Å². The van der Waals surface area contributed by atoms with Gasteiger partial charge in [0, 0.05) is 70.3 Å². The molecule has 4 aromatic carbocycles. The number of halogens is 1. The lowest BCUT2D eigenvalue weighted by Crippen LogP contribution is -2.21. The first-order chi connectivity index (χ1) is 28.1. The van der Waals surface area contributed by atoms with Crippen LogP contribution in [0.5, 0.6) is 23.0 Å². The summed E-state index contributed by atoms with van der Waals surface area (Å²) in [7, 11) is 4.51. The molecule has 0 radical (unpaired) electrons. The highest BCUT2D eigenvalue weighted by Crippen LogP contribution is 2.30. The van der Waals surface area contributed by atoms with Crippen LogP contribution in [0.2, 0.25) is 0 Å². The molecule has 312 valence electrons. The molecule has 6 rings (SSSR count). The molecule has 14 nitrogen and oxygen atoms in total. The number of benzene rings is 4. The summed E-state index contributed by atoms with van der Waals surface area (Å²) < 4.78 is 65.7. The van der Waals surface area contributed by atoms with Gasteiger partial charge >= 0.3 is 0 Å². The van der Waals surface area contributed by atoms with Crippen molar-refractivity contribution in [2.75, 3.05) is 41.0 Å². The Morgan fingerprint density at radius 1 is 0.576 bits per heavy atom. The van der Waals surface area contributed by atoms with E-state index < -0.39 is 19.1 Å². The predicted octanol–water partition coefficient (Wildman–Crippen LogP) is 6.20. The third-order valence-corrected chi connectivity index (χ3v) is 9.09. The molecular formula is C42H47ClN6O8S2. The minimum absolute atomic E-state index is 0.159. The molecule has 17 heteroatoms. The first-order valence-electron chi connectivity index (χ1n) is 17.9. The lowest BCUT2D eigenvalue weighted by Gasteiger charge is -2.12. The number of hydrogen-bond acceptors (Lipinski definition) is 13. The zero-order valence-corrected chi connectivity index (χ0v) is 35.9. The molecule has 0 fully saturated rings. The zero-order chi connectivity index (χ0) is 43.0. The molecule has 3 N–H and O–H groups in total. The van der Waals surface area contributed by atoms with Gasteiger partial charge in [0.2, 0.25) is 19.1 Å². The van der Waals surface area contributed by atoms with Crippen LogP contribution in [0.15, 0.2) is 110 Å². The number of methoxy groups -OCH3 is 4. The number of nitrogens with two attached hydrogens (primary N) is 1. The van der Waals surface area contributed by atoms with E-state index in [1.54, 1.807) is 34.8 Å². The molecular weight excluding hydrogens is 816 g/mol. The van der Waals surface area contributed by atoms with Crippen LogP contribution in [0.3, 0.4) is 0 Å². The quantitative estimate of drug-likeness (QED) is 0.118. The van der Waals surface area contributed by atoms with Crippen LogP contribution in [0.25, 0.3) is 22.5 Å². The van der Waals surface area contributed by atoms with Crippen LogP contribution in [-0.2, 0) is 45.0 Å². The van der Waals surface area contributed by atoms with E-state index in [2.05, 4.69) is 41.4 Å². The van der Waals surface area contributed by atoms with Crippen LogP contribution < -0.4 is 29.4 Å². The minimum atomic E-state index is -3.30. The number of sulfonamides is 1. The van der Waals surface area contributed by atoms with Gasteiger partial charge < -0.3 is 24.7 Å². The SMILES string of the molecule is COc1ccc(Cc2cc(-c3ccccc3OC)ncn2)cc1CN.COc1ccc(Cc2cc(-c3ccccc3OC)ncn2)cc1CNS(C)(=O)=O.CS(=O)(=O)Cl. The first-order valence-corrected chi connectivity index (χ1v) is 22.5. The fourth-order valence-electron chi connectivity index (χ4n) is 5.80. The number of para-hydroxylation sites is 2. The van der Waals surface area contributed by atoms with Crippen molar-refractivity contribution in [3.8, 4) is 45.5 Å². The standard InChI is InChI=1S/C21H23N3O4S.C20H21N3O2.CH3ClO2S/c1-27-20-9-8-15(10-16(20)13-24-29(3,25)26)11-17-12-19(23-14-22-17)18-6-4-5-7-21(18)28-2;1-24-19-8-7-14(9-15(19)12-21)10-16-11-18(23-13-22-16)17-5-3-4-6-20(17)25-2;1-5(2,3)4/h4-10,12,14,24H,11,13H2,1-3H3;3-9,11,13H,10,12,21H2,1-2H3;1H3. The van der Waals surface area contributed by atoms with E-state index in [9.17, 15) is 16.8 Å². The average molecular weight is 863 g/mol. The number of nitrogens with one attached hydrogen (secondary N) is 1. The van der Waals surface area contributed by atoms with Gasteiger partial charge in [0.15, 0.2) is 0 Å². The Kier molecular flexibility index (Phi) is 17.1. The zero-order valence-electron chi connectivity index (χ0n) is 33.5. The van der Waals surface area contributed by atoms with Gasteiger partial charge in [-0.2, -0.15) is 0 Å². The Bertz CT molecular complexity index is 2540. The van der Waals surface area contributed by atoms with E-state index in [1.165, 1.54) is 6.33 Å². The highest BCUT2D eigenvalue weighted by molar-refractivity contribution is 8.13. The van der Waals surface area contributed by atoms with E-state index in [-0.39, 0.29) is 6.54 Å². The van der Waals surface area contributed by atoms with Crippen molar-refractivity contribution >= 4 is 29.8 Å². The van der Waals surface area contributed by atoms with Gasteiger partial charge in [-0.15, -0.1) is 0 Å². The lowest BCUT2D eigenvalue weighted by atomic mass is 10.0. The van der Waals surface area contributed by atoms with Crippen LogP contribution in [0, 0.1) is 0 Å². The number of aromatic nitrogens is 4. The summed E-state index contributed by atoms with van der Waals surface area (Å²) in [6, 6.07) is 31.2. The first kappa shape index (κ1) is 46.0. The average Bonchev–Trinajstić information content (AvgIpc) is 3.22. The molecule has 0 amide bonds. The third kappa shape index (κ3) is 14.9. The third-order valence-electron chi connectivity index (χ3n) is 8.42. The van der Waals surface area contributed by atoms with E-state index in [4.69, 9.17) is 24.7 Å². The minimum Gasteiger partial charge on any atom is -0.496 e. The predicted molar refractivity (Wildman–Crippen MR) is 230 cm³/mol. The summed E-state index contributed by atoms with van der Waals surface area (Å²) in [6.45, 7) is 0.597. The maximum absolute atomic E-state index is 11.4. The van der Waals surface area contributed by atoms with Crippen LogP contribution in [0.4, 0.5) is 0 Å². The van der Waals surface area contributed by atoms with Crippen LogP contribution >= 0.6 is 10.7 Å². The highest BCUT2D eigenvalue weighted by Gasteiger charge is 2.12. The van der Waals surface area contributed by atoms with Crippen molar-refractivity contribution in [1.29, 1.82) is 0 Å². The molecule has 0 aliphatic rings. The fourth-order valence-corrected chi connectivity index (χ4v) is 6.22. The Hall–Kier alpha value is -5.65. The second-order valence-corrected chi connectivity index (χ2v) is 17.7. The number of ether oxygens (including phenoxy) is 4. The van der Waals surface area contributed by atoms with Crippen LogP contribution in [0.1, 0.15) is 33.6 Å². The topological polar surface area (TPSA) is 195 Å². The summed E-state index contributed by atoms with van der Waals surface area (Å²) in [5, 5.41) is 0. The summed E-state index contributed by atoms with van der Waals surface area (Å²) in [5.41, 5.74) is 14.9. The van der Waals surface area contributed by atoms with Crippen LogP contribution in [-0.4, -0.2) is 77.7 Å². The maximum Gasteiger partial charge on any atom is 0.229 e. The Balaban J connectivity index is 0.000000236. The Morgan fingerprint density at radius 2 is 0.983 bits per heavy atom. The second-order valence-electron chi connectivity index (χ2n) is 12.8. The smallest absolute Gasteiger partial charge is 0.229 e. The summed E-state index contributed by atoms with van der Waals surface area (Å²) in [5.74, 6) is 2.98. The van der Waals surface area contributed by atoms with E-state index >= 15 is 0 Å². The van der Waals surface area contributed by atoms with Crippen molar-refractivity contribution in [2.45, 2.75) is 25.9 Å². The van der Waals surface area contributed by atoms with Crippen molar-refractivity contribution in [2.24, 2.45) is 5.73 Å². The van der Waals surface area contributed by atoms with Gasteiger partial charge in [-0.1, -0.05) is 48.5 Å². The molecule has 2 aromatic heterocycles. The molecule has 0 unspecified atom stereocenters. The van der Waals surface area contributed by atoms with Gasteiger partial charge in [-0.05, 0) is 59.7 Å². The van der Waals surface area contributed by atoms with Crippen molar-refractivity contribution < 1.29 is 35.8 Å². The van der Waals surface area contributed by atoms with Gasteiger partial charge in [0.25, 0.3) is 0 Å². The molecule has 0 aliphatic carbocycles. The van der Waals surface area contributed by atoms with Gasteiger partial charge in [0.1, 0.15) is 35.7 Å². The summed E-state index contributed by atoms with van der Waals surface area (Å²) in [6.07, 6.45) is 6.44. The second kappa shape index (κ2) is 21.9. The van der Waals surface area contributed by atoms with Gasteiger partial charge in [-0.25, -0.2) is 41.5 Å². The van der Waals surface area contributed by atoms with Gasteiger partial charge in [0.05, 0.1) is 52.3 Å². The largest absolute Gasteiger partial charge is 0.496 e. The molecule has 0 spiro atoms. The molecule has 59 heavy (non-hydrogen) atoms. The monoisotopic (exact) mass is 862 g/mol. The Labute approximate surface area is 350 Å². The van der Waals surface area contributed by atoms with E-state index in [1.807, 2.05) is 91.0 Å². The van der Waals surface area contributed by atoms with Crippen molar-refractivity contribution in [3.63, 3.8) is 0 Å². The number of nitrogens with zero attached hydrogens (tertiary/aromatic N) is 4. The van der Waals surface area contributed by atoms with Gasteiger partial charge in [-0.3, -0.25) is 0 Å². The lowest BCUT2D eigenvalue weighted by molar-refractivity contribution is 0.409. The fraction of sp³-hybridized carbons (Fsp3) is 0.238. The highest BCUT2D eigenvalue weighted by atomic mass is 35.7. The number of rotatable bonds is 14. The summed E-state index contributed by atoms with van der Waals surface area (Å²) in [4.78, 5) is 17.5. The maximum atomic E-state index is 11.4.